The fourth-order valence-corrected chi connectivity index (χ4v) is 1.80. The van der Waals surface area contributed by atoms with E-state index in [9.17, 15) is 9.59 Å². The Hall–Kier alpha value is -2.89. The maximum Gasteiger partial charge on any atom is 0.411 e. The Labute approximate surface area is 128 Å². The maximum atomic E-state index is 11.9. The molecule has 114 valence electrons. The van der Waals surface area contributed by atoms with E-state index in [2.05, 4.69) is 20.4 Å². The third-order valence-corrected chi connectivity index (χ3v) is 2.94. The first kappa shape index (κ1) is 15.5. The van der Waals surface area contributed by atoms with E-state index in [0.717, 1.165) is 11.3 Å². The normalized spacial score (nSPS) is 9.91. The van der Waals surface area contributed by atoms with Crippen molar-refractivity contribution in [2.24, 2.45) is 0 Å². The van der Waals surface area contributed by atoms with E-state index in [4.69, 9.17) is 0 Å². The molecular formula is C16H17N3O3. The number of hydrogen-bond donors (Lipinski definition) is 2. The SMILES string of the molecule is COC(=O)Nc1ccc(NC(=O)Cc2ccc(C)nc2)cc1. The highest BCUT2D eigenvalue weighted by Gasteiger charge is 2.05. The lowest BCUT2D eigenvalue weighted by Crippen LogP contribution is -2.15. The average Bonchev–Trinajstić information content (AvgIpc) is 2.51. The predicted octanol–water partition coefficient (Wildman–Crippen LogP) is 2.75. The van der Waals surface area contributed by atoms with Crippen molar-refractivity contribution in [2.45, 2.75) is 13.3 Å². The molecule has 0 aliphatic heterocycles. The van der Waals surface area contributed by atoms with Crippen LogP contribution in [-0.2, 0) is 16.0 Å². The Morgan fingerprint density at radius 1 is 1.05 bits per heavy atom. The van der Waals surface area contributed by atoms with Gasteiger partial charge in [-0.15, -0.1) is 0 Å². The van der Waals surface area contributed by atoms with Crippen molar-refractivity contribution in [3.63, 3.8) is 0 Å². The van der Waals surface area contributed by atoms with Crippen LogP contribution in [0.3, 0.4) is 0 Å². The van der Waals surface area contributed by atoms with Crippen molar-refractivity contribution in [1.82, 2.24) is 4.98 Å². The summed E-state index contributed by atoms with van der Waals surface area (Å²) in [6, 6.07) is 10.5. The number of anilines is 2. The molecule has 0 radical (unpaired) electrons. The highest BCUT2D eigenvalue weighted by atomic mass is 16.5. The third kappa shape index (κ3) is 4.59. The molecule has 2 amide bonds. The summed E-state index contributed by atoms with van der Waals surface area (Å²) < 4.78 is 4.50. The van der Waals surface area contributed by atoms with Crippen LogP contribution in [0.5, 0.6) is 0 Å². The van der Waals surface area contributed by atoms with Crippen LogP contribution in [0.2, 0.25) is 0 Å². The van der Waals surface area contributed by atoms with Gasteiger partial charge in [-0.2, -0.15) is 0 Å². The summed E-state index contributed by atoms with van der Waals surface area (Å²) in [5, 5.41) is 5.32. The van der Waals surface area contributed by atoms with Gasteiger partial charge in [0.2, 0.25) is 5.91 Å². The number of amides is 2. The minimum atomic E-state index is -0.538. The van der Waals surface area contributed by atoms with Gasteiger partial charge in [0.25, 0.3) is 0 Å². The number of pyridine rings is 1. The first-order valence-electron chi connectivity index (χ1n) is 6.73. The van der Waals surface area contributed by atoms with Crippen LogP contribution in [0.4, 0.5) is 16.2 Å². The molecular weight excluding hydrogens is 282 g/mol. The molecule has 0 unspecified atom stereocenters. The minimum absolute atomic E-state index is 0.126. The Bertz CT molecular complexity index is 651. The van der Waals surface area contributed by atoms with Gasteiger partial charge in [0, 0.05) is 23.3 Å². The highest BCUT2D eigenvalue weighted by Crippen LogP contribution is 2.14. The average molecular weight is 299 g/mol. The molecule has 2 aromatic rings. The van der Waals surface area contributed by atoms with Gasteiger partial charge in [-0.3, -0.25) is 15.1 Å². The number of nitrogens with zero attached hydrogens (tertiary/aromatic N) is 1. The van der Waals surface area contributed by atoms with Crippen LogP contribution in [0.15, 0.2) is 42.6 Å². The molecule has 6 nitrogen and oxygen atoms in total. The van der Waals surface area contributed by atoms with Crippen molar-refractivity contribution in [1.29, 1.82) is 0 Å². The van der Waals surface area contributed by atoms with Crippen LogP contribution < -0.4 is 10.6 Å². The second-order valence-corrected chi connectivity index (χ2v) is 4.73. The molecule has 22 heavy (non-hydrogen) atoms. The number of aromatic nitrogens is 1. The predicted molar refractivity (Wildman–Crippen MR) is 83.8 cm³/mol. The number of carbonyl (C=O) groups excluding carboxylic acids is 2. The Balaban J connectivity index is 1.91. The summed E-state index contributed by atoms with van der Waals surface area (Å²) in [7, 11) is 1.30. The summed E-state index contributed by atoms with van der Waals surface area (Å²) in [6.07, 6.45) is 1.41. The lowest BCUT2D eigenvalue weighted by Gasteiger charge is -2.07. The van der Waals surface area contributed by atoms with Crippen LogP contribution >= 0.6 is 0 Å². The van der Waals surface area contributed by atoms with Gasteiger partial charge < -0.3 is 10.1 Å². The lowest BCUT2D eigenvalue weighted by molar-refractivity contribution is -0.115. The zero-order chi connectivity index (χ0) is 15.9. The molecule has 1 aromatic carbocycles. The number of aryl methyl sites for hydroxylation is 1. The molecule has 0 saturated carbocycles. The van der Waals surface area contributed by atoms with Gasteiger partial charge in [0.05, 0.1) is 13.5 Å². The standard InChI is InChI=1S/C16H17N3O3/c1-11-3-4-12(10-17-11)9-15(20)18-13-5-7-14(8-6-13)19-16(21)22-2/h3-8,10H,9H2,1-2H3,(H,18,20)(H,19,21). The van der Waals surface area contributed by atoms with Gasteiger partial charge in [-0.25, -0.2) is 4.79 Å². The number of rotatable bonds is 4. The van der Waals surface area contributed by atoms with Gasteiger partial charge in [-0.1, -0.05) is 6.07 Å². The molecule has 1 heterocycles. The first-order valence-corrected chi connectivity index (χ1v) is 6.73. The van der Waals surface area contributed by atoms with Gasteiger partial charge in [0.15, 0.2) is 0 Å². The molecule has 0 bridgehead atoms. The summed E-state index contributed by atoms with van der Waals surface area (Å²) in [5.41, 5.74) is 3.01. The smallest absolute Gasteiger partial charge is 0.411 e. The van der Waals surface area contributed by atoms with Crippen molar-refractivity contribution >= 4 is 23.4 Å². The molecule has 2 N–H and O–H groups in total. The van der Waals surface area contributed by atoms with Crippen molar-refractivity contribution < 1.29 is 14.3 Å². The van der Waals surface area contributed by atoms with Gasteiger partial charge in [-0.05, 0) is 42.8 Å². The molecule has 6 heteroatoms. The first-order chi connectivity index (χ1) is 10.6. The quantitative estimate of drug-likeness (QED) is 0.909. The van der Waals surface area contributed by atoms with Crippen molar-refractivity contribution in [3.8, 4) is 0 Å². The molecule has 0 spiro atoms. The van der Waals surface area contributed by atoms with E-state index in [1.807, 2.05) is 19.1 Å². The topological polar surface area (TPSA) is 80.3 Å². The fraction of sp³-hybridized carbons (Fsp3) is 0.188. The molecule has 0 atom stereocenters. The molecule has 0 aliphatic rings. The van der Waals surface area contributed by atoms with E-state index in [-0.39, 0.29) is 12.3 Å². The second kappa shape index (κ2) is 7.21. The van der Waals surface area contributed by atoms with Crippen LogP contribution in [0.25, 0.3) is 0 Å². The summed E-state index contributed by atoms with van der Waals surface area (Å²) in [5.74, 6) is -0.126. The number of nitrogens with one attached hydrogen (secondary N) is 2. The van der Waals surface area contributed by atoms with E-state index in [1.54, 1.807) is 30.5 Å². The van der Waals surface area contributed by atoms with Gasteiger partial charge >= 0.3 is 6.09 Å². The van der Waals surface area contributed by atoms with E-state index < -0.39 is 6.09 Å². The third-order valence-electron chi connectivity index (χ3n) is 2.94. The van der Waals surface area contributed by atoms with Gasteiger partial charge in [0.1, 0.15) is 0 Å². The summed E-state index contributed by atoms with van der Waals surface area (Å²) in [4.78, 5) is 27.2. The van der Waals surface area contributed by atoms with Crippen LogP contribution in [0.1, 0.15) is 11.3 Å². The zero-order valence-electron chi connectivity index (χ0n) is 12.4. The number of ether oxygens (including phenoxy) is 1. The molecule has 0 saturated heterocycles. The molecule has 0 aliphatic carbocycles. The van der Waals surface area contributed by atoms with E-state index in [0.29, 0.717) is 11.4 Å². The Kier molecular flexibility index (Phi) is 5.08. The largest absolute Gasteiger partial charge is 0.453 e. The molecule has 0 fully saturated rings. The lowest BCUT2D eigenvalue weighted by atomic mass is 10.2. The van der Waals surface area contributed by atoms with Crippen molar-refractivity contribution in [3.05, 3.63) is 53.9 Å². The Morgan fingerprint density at radius 3 is 2.23 bits per heavy atom. The highest BCUT2D eigenvalue weighted by molar-refractivity contribution is 5.92. The maximum absolute atomic E-state index is 11.9. The number of benzene rings is 1. The number of hydrogen-bond acceptors (Lipinski definition) is 4. The van der Waals surface area contributed by atoms with E-state index >= 15 is 0 Å². The number of carbonyl (C=O) groups is 2. The molecule has 2 rings (SSSR count). The van der Waals surface area contributed by atoms with Crippen molar-refractivity contribution in [2.75, 3.05) is 17.7 Å². The van der Waals surface area contributed by atoms with Crippen LogP contribution in [-0.4, -0.2) is 24.1 Å². The van der Waals surface area contributed by atoms with Crippen LogP contribution in [0, 0.1) is 6.92 Å². The summed E-state index contributed by atoms with van der Waals surface area (Å²) in [6.45, 7) is 1.90. The second-order valence-electron chi connectivity index (χ2n) is 4.73. The number of methoxy groups -OCH3 is 1. The monoisotopic (exact) mass is 299 g/mol. The fourth-order valence-electron chi connectivity index (χ4n) is 1.80. The minimum Gasteiger partial charge on any atom is -0.453 e. The Morgan fingerprint density at radius 2 is 1.68 bits per heavy atom. The molecule has 1 aromatic heterocycles. The van der Waals surface area contributed by atoms with E-state index in [1.165, 1.54) is 7.11 Å². The zero-order valence-corrected chi connectivity index (χ0v) is 12.4. The summed E-state index contributed by atoms with van der Waals surface area (Å²) >= 11 is 0.